The van der Waals surface area contributed by atoms with E-state index in [9.17, 15) is 4.79 Å². The fraction of sp³-hybridized carbons (Fsp3) is 0.824. The van der Waals surface area contributed by atoms with Gasteiger partial charge in [0.05, 0.1) is 24.9 Å². The lowest BCUT2D eigenvalue weighted by atomic mass is 9.78. The van der Waals surface area contributed by atoms with Gasteiger partial charge in [-0.2, -0.15) is 0 Å². The van der Waals surface area contributed by atoms with Crippen LogP contribution in [0.1, 0.15) is 53.4 Å². The van der Waals surface area contributed by atoms with Crippen molar-refractivity contribution in [2.24, 2.45) is 17.8 Å². The molecule has 4 heteroatoms. The Kier molecular flexibility index (Phi) is 4.97. The quantitative estimate of drug-likeness (QED) is 0.746. The summed E-state index contributed by atoms with van der Waals surface area (Å²) in [5.74, 6) is 0.599. The van der Waals surface area contributed by atoms with Crippen molar-refractivity contribution in [3.63, 3.8) is 0 Å². The van der Waals surface area contributed by atoms with Gasteiger partial charge in [0.15, 0.2) is 0 Å². The number of esters is 1. The number of carbonyl (C=O) groups is 1. The minimum absolute atomic E-state index is 0.148. The third kappa shape index (κ3) is 3.10. The van der Waals surface area contributed by atoms with Crippen LogP contribution in [0.25, 0.3) is 0 Å². The van der Waals surface area contributed by atoms with E-state index >= 15 is 0 Å². The van der Waals surface area contributed by atoms with Crippen LogP contribution in [0, 0.1) is 17.8 Å². The van der Waals surface area contributed by atoms with E-state index in [0.717, 1.165) is 31.4 Å². The normalized spacial score (nSPS) is 37.6. The molecule has 2 rings (SSSR count). The highest BCUT2D eigenvalue weighted by atomic mass is 16.7. The molecule has 0 aromatic heterocycles. The minimum atomic E-state index is -0.570. The number of ether oxygens (including phenoxy) is 3. The lowest BCUT2D eigenvalue weighted by molar-refractivity contribution is -0.313. The third-order valence-electron chi connectivity index (χ3n) is 4.96. The van der Waals surface area contributed by atoms with Gasteiger partial charge in [0.1, 0.15) is 0 Å². The number of hydrogen-bond donors (Lipinski definition) is 0. The predicted molar refractivity (Wildman–Crippen MR) is 80.4 cm³/mol. The molecule has 0 N–H and O–H groups in total. The molecule has 0 aromatic rings. The van der Waals surface area contributed by atoms with Crippen molar-refractivity contribution in [2.45, 2.75) is 65.3 Å². The van der Waals surface area contributed by atoms with Crippen molar-refractivity contribution in [2.75, 3.05) is 7.11 Å². The molecule has 1 unspecified atom stereocenters. The molecular formula is C17H28O4. The highest BCUT2D eigenvalue weighted by molar-refractivity contribution is 5.72. The van der Waals surface area contributed by atoms with Crippen LogP contribution in [0.4, 0.5) is 0 Å². The van der Waals surface area contributed by atoms with Crippen LogP contribution in [-0.2, 0) is 19.0 Å². The molecule has 1 fully saturated rings. The fourth-order valence-electron chi connectivity index (χ4n) is 3.64. The predicted octanol–water partition coefficient (Wildman–Crippen LogP) is 3.66. The van der Waals surface area contributed by atoms with E-state index in [1.165, 1.54) is 7.11 Å². The van der Waals surface area contributed by atoms with Gasteiger partial charge in [0.25, 0.3) is 0 Å². The lowest BCUT2D eigenvalue weighted by Gasteiger charge is -2.50. The Hall–Kier alpha value is -1.03. The van der Waals surface area contributed by atoms with Crippen molar-refractivity contribution in [1.82, 2.24) is 0 Å². The Morgan fingerprint density at radius 3 is 2.86 bits per heavy atom. The molecule has 2 heterocycles. The van der Waals surface area contributed by atoms with Crippen LogP contribution in [-0.4, -0.2) is 25.0 Å². The average Bonchev–Trinajstić information content (AvgIpc) is 2.50. The first-order chi connectivity index (χ1) is 9.93. The highest BCUT2D eigenvalue weighted by Gasteiger charge is 2.50. The molecule has 5 atom stereocenters. The number of allylic oxidation sites excluding steroid dienone is 2. The molecule has 1 spiro atoms. The zero-order valence-corrected chi connectivity index (χ0v) is 13.8. The molecule has 0 bridgehead atoms. The van der Waals surface area contributed by atoms with Gasteiger partial charge < -0.3 is 14.2 Å². The van der Waals surface area contributed by atoms with Crippen LogP contribution >= 0.6 is 0 Å². The Labute approximate surface area is 127 Å². The molecular weight excluding hydrogens is 268 g/mol. The summed E-state index contributed by atoms with van der Waals surface area (Å²) in [6.07, 6.45) is 5.71. The van der Waals surface area contributed by atoms with Gasteiger partial charge >= 0.3 is 5.97 Å². The molecule has 2 aliphatic rings. The topological polar surface area (TPSA) is 44.8 Å². The summed E-state index contributed by atoms with van der Waals surface area (Å²) in [6, 6.07) is 0. The van der Waals surface area contributed by atoms with Gasteiger partial charge in [0.2, 0.25) is 5.79 Å². The second-order valence-corrected chi connectivity index (χ2v) is 6.48. The molecule has 21 heavy (non-hydrogen) atoms. The molecule has 0 amide bonds. The SMILES string of the molecule is CCC1=CCC[C@]2(O1)O[C@H]([C@@H](C)C(=O)OC)[C@@H](C)CC2C. The van der Waals surface area contributed by atoms with Crippen LogP contribution in [0.2, 0.25) is 0 Å². The zero-order valence-electron chi connectivity index (χ0n) is 13.8. The average molecular weight is 296 g/mol. The number of methoxy groups -OCH3 is 1. The van der Waals surface area contributed by atoms with Gasteiger partial charge in [-0.15, -0.1) is 0 Å². The molecule has 0 aromatic carbocycles. The highest BCUT2D eigenvalue weighted by Crippen LogP contribution is 2.46. The first-order valence-electron chi connectivity index (χ1n) is 8.07. The van der Waals surface area contributed by atoms with Crippen molar-refractivity contribution in [3.8, 4) is 0 Å². The van der Waals surface area contributed by atoms with Crippen molar-refractivity contribution < 1.29 is 19.0 Å². The van der Waals surface area contributed by atoms with Crippen molar-refractivity contribution in [1.29, 1.82) is 0 Å². The number of hydrogen-bond acceptors (Lipinski definition) is 4. The molecule has 0 radical (unpaired) electrons. The molecule has 2 aliphatic heterocycles. The van der Waals surface area contributed by atoms with E-state index in [0.29, 0.717) is 11.8 Å². The maximum atomic E-state index is 11.9. The molecule has 1 saturated heterocycles. The van der Waals surface area contributed by atoms with Crippen molar-refractivity contribution >= 4 is 5.97 Å². The third-order valence-corrected chi connectivity index (χ3v) is 4.96. The largest absolute Gasteiger partial charge is 0.469 e. The maximum absolute atomic E-state index is 11.9. The van der Waals surface area contributed by atoms with E-state index in [4.69, 9.17) is 14.2 Å². The second kappa shape index (κ2) is 6.39. The Morgan fingerprint density at radius 2 is 2.24 bits per heavy atom. The van der Waals surface area contributed by atoms with Gasteiger partial charge in [-0.3, -0.25) is 4.79 Å². The van der Waals surface area contributed by atoms with Crippen LogP contribution in [0.3, 0.4) is 0 Å². The molecule has 4 nitrogen and oxygen atoms in total. The first-order valence-corrected chi connectivity index (χ1v) is 8.07. The summed E-state index contributed by atoms with van der Waals surface area (Å²) in [5, 5.41) is 0. The Balaban J connectivity index is 2.20. The maximum Gasteiger partial charge on any atom is 0.311 e. The lowest BCUT2D eigenvalue weighted by Crippen LogP contribution is -2.54. The van der Waals surface area contributed by atoms with Gasteiger partial charge in [0, 0.05) is 18.8 Å². The monoisotopic (exact) mass is 296 g/mol. The summed E-state index contributed by atoms with van der Waals surface area (Å²) in [6.45, 7) is 8.31. The van der Waals surface area contributed by atoms with Crippen LogP contribution in [0.15, 0.2) is 11.8 Å². The summed E-state index contributed by atoms with van der Waals surface area (Å²) in [4.78, 5) is 11.9. The first kappa shape index (κ1) is 16.3. The second-order valence-electron chi connectivity index (χ2n) is 6.48. The van der Waals surface area contributed by atoms with E-state index < -0.39 is 5.79 Å². The summed E-state index contributed by atoms with van der Waals surface area (Å²) >= 11 is 0. The Morgan fingerprint density at radius 1 is 1.52 bits per heavy atom. The minimum Gasteiger partial charge on any atom is -0.469 e. The van der Waals surface area contributed by atoms with Crippen LogP contribution in [0.5, 0.6) is 0 Å². The number of carbonyl (C=O) groups excluding carboxylic acids is 1. The summed E-state index contributed by atoms with van der Waals surface area (Å²) in [7, 11) is 1.43. The van der Waals surface area contributed by atoms with E-state index in [2.05, 4.69) is 26.8 Å². The smallest absolute Gasteiger partial charge is 0.311 e. The molecule has 0 saturated carbocycles. The number of rotatable bonds is 3. The standard InChI is InChI=1S/C17H28O4/c1-6-14-8-7-9-17(20-14)12(3)10-11(2)15(21-17)13(4)16(18)19-5/h8,11-13,15H,6-7,9-10H2,1-5H3/t11-,12?,13+,15-,17-/m0/s1. The van der Waals surface area contributed by atoms with E-state index in [-0.39, 0.29) is 18.0 Å². The van der Waals surface area contributed by atoms with Gasteiger partial charge in [-0.1, -0.05) is 20.8 Å². The van der Waals surface area contributed by atoms with Gasteiger partial charge in [-0.25, -0.2) is 0 Å². The molecule has 0 aliphatic carbocycles. The molecule has 120 valence electrons. The summed E-state index contributed by atoms with van der Waals surface area (Å²) < 4.78 is 17.5. The Bertz CT molecular complexity index is 417. The van der Waals surface area contributed by atoms with Gasteiger partial charge in [-0.05, 0) is 31.8 Å². The van der Waals surface area contributed by atoms with Crippen LogP contribution < -0.4 is 0 Å². The van der Waals surface area contributed by atoms with Crippen molar-refractivity contribution in [3.05, 3.63) is 11.8 Å². The fourth-order valence-corrected chi connectivity index (χ4v) is 3.64. The van der Waals surface area contributed by atoms with E-state index in [1.807, 2.05) is 6.92 Å². The summed E-state index contributed by atoms with van der Waals surface area (Å²) in [5.41, 5.74) is 0. The van der Waals surface area contributed by atoms with E-state index in [1.54, 1.807) is 0 Å². The zero-order chi connectivity index (χ0) is 15.6.